The van der Waals surface area contributed by atoms with Gasteiger partial charge in [0.1, 0.15) is 24.3 Å². The van der Waals surface area contributed by atoms with Gasteiger partial charge in [0.05, 0.1) is 10.6 Å². The number of carbonyl (C=O) groups excluding carboxylic acids is 1. The van der Waals surface area contributed by atoms with Crippen molar-refractivity contribution in [3.63, 3.8) is 0 Å². The van der Waals surface area contributed by atoms with Gasteiger partial charge in [-0.25, -0.2) is 15.0 Å². The van der Waals surface area contributed by atoms with E-state index in [4.69, 9.17) is 11.6 Å². The Labute approximate surface area is 139 Å². The van der Waals surface area contributed by atoms with Crippen molar-refractivity contribution in [1.82, 2.24) is 19.5 Å². The fourth-order valence-corrected chi connectivity index (χ4v) is 2.37. The van der Waals surface area contributed by atoms with E-state index in [0.717, 1.165) is 4.47 Å². The number of rotatable bonds is 3. The molecule has 1 amide bonds. The monoisotopic (exact) mass is 377 g/mol. The molecule has 0 bridgehead atoms. The summed E-state index contributed by atoms with van der Waals surface area (Å²) in [6.45, 7) is 0. The summed E-state index contributed by atoms with van der Waals surface area (Å²) in [5.41, 5.74) is 0.360. The first-order valence-corrected chi connectivity index (χ1v) is 7.37. The molecule has 110 valence electrons. The fraction of sp³-hybridized carbons (Fsp3) is 0. The summed E-state index contributed by atoms with van der Waals surface area (Å²) in [5.74, 6) is 0.629. The Morgan fingerprint density at radius 1 is 1.27 bits per heavy atom. The molecular formula is C14H9BrClN5O. The van der Waals surface area contributed by atoms with Crippen LogP contribution in [0.25, 0.3) is 5.82 Å². The van der Waals surface area contributed by atoms with Gasteiger partial charge in [-0.05, 0) is 18.2 Å². The van der Waals surface area contributed by atoms with Gasteiger partial charge >= 0.3 is 0 Å². The smallest absolute Gasteiger partial charge is 0.258 e. The van der Waals surface area contributed by atoms with Gasteiger partial charge in [-0.15, -0.1) is 0 Å². The van der Waals surface area contributed by atoms with Gasteiger partial charge in [-0.2, -0.15) is 0 Å². The summed E-state index contributed by atoms with van der Waals surface area (Å²) in [6, 6.07) is 6.71. The molecule has 1 N–H and O–H groups in total. The minimum atomic E-state index is -0.346. The van der Waals surface area contributed by atoms with Crippen LogP contribution >= 0.6 is 27.5 Å². The summed E-state index contributed by atoms with van der Waals surface area (Å²) < 4.78 is 2.48. The summed E-state index contributed by atoms with van der Waals surface area (Å²) >= 11 is 9.36. The van der Waals surface area contributed by atoms with E-state index < -0.39 is 0 Å². The largest absolute Gasteiger partial charge is 0.306 e. The maximum absolute atomic E-state index is 12.3. The Hall–Kier alpha value is -2.25. The normalized spacial score (nSPS) is 10.5. The molecule has 0 unspecified atom stereocenters. The summed E-state index contributed by atoms with van der Waals surface area (Å²) in [6.07, 6.45) is 6.37. The Kier molecular flexibility index (Phi) is 4.17. The third kappa shape index (κ3) is 3.15. The number of amides is 1. The number of aromatic nitrogens is 4. The van der Waals surface area contributed by atoms with Crippen LogP contribution in [0.2, 0.25) is 5.02 Å². The minimum Gasteiger partial charge on any atom is -0.306 e. The third-order valence-corrected chi connectivity index (χ3v) is 3.66. The van der Waals surface area contributed by atoms with Crippen molar-refractivity contribution in [2.75, 3.05) is 5.32 Å². The highest BCUT2D eigenvalue weighted by Gasteiger charge is 2.12. The molecule has 8 heteroatoms. The number of carbonyl (C=O) groups is 1. The maximum Gasteiger partial charge on any atom is 0.258 e. The van der Waals surface area contributed by atoms with Crippen molar-refractivity contribution >= 4 is 39.3 Å². The van der Waals surface area contributed by atoms with E-state index in [2.05, 4.69) is 36.2 Å². The van der Waals surface area contributed by atoms with Gasteiger partial charge < -0.3 is 5.32 Å². The molecule has 0 saturated carbocycles. The summed E-state index contributed by atoms with van der Waals surface area (Å²) in [5, 5.41) is 3.06. The van der Waals surface area contributed by atoms with Crippen LogP contribution in [-0.2, 0) is 0 Å². The van der Waals surface area contributed by atoms with E-state index >= 15 is 0 Å². The molecule has 2 aromatic heterocycles. The Morgan fingerprint density at radius 3 is 2.91 bits per heavy atom. The van der Waals surface area contributed by atoms with Crippen LogP contribution in [0.4, 0.5) is 5.82 Å². The molecule has 2 heterocycles. The fourth-order valence-electron chi connectivity index (χ4n) is 1.81. The standard InChI is InChI=1S/C14H9BrClN5O/c15-9-1-2-11(16)10(5-9)14(22)20-12-6-13(19-7-18-12)21-4-3-17-8-21/h1-8H,(H,18,19,20,22). The van der Waals surface area contributed by atoms with Gasteiger partial charge in [-0.1, -0.05) is 27.5 Å². The zero-order chi connectivity index (χ0) is 15.5. The second-order valence-electron chi connectivity index (χ2n) is 4.31. The van der Waals surface area contributed by atoms with E-state index in [1.165, 1.54) is 6.33 Å². The number of nitrogens with one attached hydrogen (secondary N) is 1. The predicted octanol–water partition coefficient (Wildman–Crippen LogP) is 3.33. The van der Waals surface area contributed by atoms with E-state index in [0.29, 0.717) is 22.2 Å². The molecule has 0 spiro atoms. The van der Waals surface area contributed by atoms with E-state index in [-0.39, 0.29) is 5.91 Å². The highest BCUT2D eigenvalue weighted by atomic mass is 79.9. The lowest BCUT2D eigenvalue weighted by molar-refractivity contribution is 0.102. The topological polar surface area (TPSA) is 72.7 Å². The first-order valence-electron chi connectivity index (χ1n) is 6.20. The number of imidazole rings is 1. The molecule has 0 radical (unpaired) electrons. The molecule has 6 nitrogen and oxygen atoms in total. The summed E-state index contributed by atoms with van der Waals surface area (Å²) in [4.78, 5) is 24.4. The molecule has 3 aromatic rings. The van der Waals surface area contributed by atoms with Crippen LogP contribution < -0.4 is 5.32 Å². The molecule has 0 aliphatic heterocycles. The molecule has 0 saturated heterocycles. The molecular weight excluding hydrogens is 370 g/mol. The van der Waals surface area contributed by atoms with Crippen LogP contribution in [0.3, 0.4) is 0 Å². The van der Waals surface area contributed by atoms with Crippen molar-refractivity contribution in [3.05, 3.63) is 64.4 Å². The first-order chi connectivity index (χ1) is 10.6. The molecule has 3 rings (SSSR count). The minimum absolute atomic E-state index is 0.346. The number of hydrogen-bond donors (Lipinski definition) is 1. The predicted molar refractivity (Wildman–Crippen MR) is 86.3 cm³/mol. The van der Waals surface area contributed by atoms with Gasteiger partial charge in [-0.3, -0.25) is 9.36 Å². The van der Waals surface area contributed by atoms with Crippen molar-refractivity contribution in [3.8, 4) is 5.82 Å². The van der Waals surface area contributed by atoms with Gasteiger partial charge in [0.2, 0.25) is 0 Å². The highest BCUT2D eigenvalue weighted by molar-refractivity contribution is 9.10. The lowest BCUT2D eigenvalue weighted by atomic mass is 10.2. The lowest BCUT2D eigenvalue weighted by Gasteiger charge is -2.08. The van der Waals surface area contributed by atoms with Crippen molar-refractivity contribution in [1.29, 1.82) is 0 Å². The number of anilines is 1. The van der Waals surface area contributed by atoms with E-state index in [1.54, 1.807) is 47.6 Å². The molecule has 0 fully saturated rings. The number of halogens is 2. The number of nitrogens with zero attached hydrogens (tertiary/aromatic N) is 4. The average molecular weight is 379 g/mol. The molecule has 0 aliphatic rings. The van der Waals surface area contributed by atoms with Crippen LogP contribution in [0.5, 0.6) is 0 Å². The van der Waals surface area contributed by atoms with Crippen molar-refractivity contribution in [2.24, 2.45) is 0 Å². The zero-order valence-corrected chi connectivity index (χ0v) is 13.4. The number of hydrogen-bond acceptors (Lipinski definition) is 4. The second kappa shape index (κ2) is 6.25. The summed E-state index contributed by atoms with van der Waals surface area (Å²) in [7, 11) is 0. The van der Waals surface area contributed by atoms with Crippen LogP contribution in [-0.4, -0.2) is 25.4 Å². The quantitative estimate of drug-likeness (QED) is 0.759. The molecule has 0 aliphatic carbocycles. The third-order valence-electron chi connectivity index (χ3n) is 2.84. The zero-order valence-electron chi connectivity index (χ0n) is 11.1. The van der Waals surface area contributed by atoms with Crippen molar-refractivity contribution < 1.29 is 4.79 Å². The van der Waals surface area contributed by atoms with Gasteiger partial charge in [0.15, 0.2) is 0 Å². The second-order valence-corrected chi connectivity index (χ2v) is 5.63. The SMILES string of the molecule is O=C(Nc1cc(-n2ccnc2)ncn1)c1cc(Br)ccc1Cl. The van der Waals surface area contributed by atoms with Crippen LogP contribution in [0.15, 0.2) is 53.8 Å². The molecule has 22 heavy (non-hydrogen) atoms. The Bertz CT molecular complexity index is 822. The Morgan fingerprint density at radius 2 is 2.14 bits per heavy atom. The number of benzene rings is 1. The Balaban J connectivity index is 1.85. The van der Waals surface area contributed by atoms with Gasteiger partial charge in [0, 0.05) is 22.9 Å². The van der Waals surface area contributed by atoms with Crippen molar-refractivity contribution in [2.45, 2.75) is 0 Å². The lowest BCUT2D eigenvalue weighted by Crippen LogP contribution is -2.14. The van der Waals surface area contributed by atoms with E-state index in [1.807, 2.05) is 0 Å². The highest BCUT2D eigenvalue weighted by Crippen LogP contribution is 2.22. The average Bonchev–Trinajstić information content (AvgIpc) is 3.04. The van der Waals surface area contributed by atoms with Gasteiger partial charge in [0.25, 0.3) is 5.91 Å². The molecule has 0 atom stereocenters. The molecule has 1 aromatic carbocycles. The first kappa shape index (κ1) is 14.7. The van der Waals surface area contributed by atoms with Crippen LogP contribution in [0, 0.1) is 0 Å². The van der Waals surface area contributed by atoms with E-state index in [9.17, 15) is 4.79 Å². The van der Waals surface area contributed by atoms with Crippen LogP contribution in [0.1, 0.15) is 10.4 Å². The maximum atomic E-state index is 12.3.